The molecular formula is C22H26N2O4. The van der Waals surface area contributed by atoms with Crippen LogP contribution < -0.4 is 15.4 Å². The molecule has 6 heteroatoms. The summed E-state index contributed by atoms with van der Waals surface area (Å²) in [5.74, 6) is 0.413. The van der Waals surface area contributed by atoms with Gasteiger partial charge in [-0.05, 0) is 42.7 Å². The predicted octanol–water partition coefficient (Wildman–Crippen LogP) is 3.28. The van der Waals surface area contributed by atoms with Crippen LogP contribution in [0.2, 0.25) is 0 Å². The van der Waals surface area contributed by atoms with Crippen molar-refractivity contribution in [2.75, 3.05) is 18.5 Å². The van der Waals surface area contributed by atoms with Gasteiger partial charge in [0.25, 0.3) is 0 Å². The molecule has 3 rings (SSSR count). The monoisotopic (exact) mass is 382 g/mol. The highest BCUT2D eigenvalue weighted by molar-refractivity contribution is 5.93. The minimum atomic E-state index is -0.190. The van der Waals surface area contributed by atoms with Crippen molar-refractivity contribution >= 4 is 17.5 Å². The SMILES string of the molecule is O=C(CCC(=O)Nc1ccc(OCc2ccccc2)cc1)NC[C@H]1CCCO1. The number of rotatable bonds is 9. The molecule has 2 amide bonds. The molecule has 0 aromatic heterocycles. The Morgan fingerprint density at radius 3 is 2.46 bits per heavy atom. The first-order valence-corrected chi connectivity index (χ1v) is 9.64. The maximum absolute atomic E-state index is 12.0. The zero-order valence-electron chi connectivity index (χ0n) is 15.9. The van der Waals surface area contributed by atoms with Crippen LogP contribution in [0.1, 0.15) is 31.2 Å². The fraction of sp³-hybridized carbons (Fsp3) is 0.364. The zero-order valence-corrected chi connectivity index (χ0v) is 15.9. The highest BCUT2D eigenvalue weighted by atomic mass is 16.5. The predicted molar refractivity (Wildman–Crippen MR) is 107 cm³/mol. The second kappa shape index (κ2) is 10.5. The molecule has 28 heavy (non-hydrogen) atoms. The largest absolute Gasteiger partial charge is 0.489 e. The van der Waals surface area contributed by atoms with Crippen molar-refractivity contribution in [3.63, 3.8) is 0 Å². The number of hydrogen-bond acceptors (Lipinski definition) is 4. The zero-order chi connectivity index (χ0) is 19.6. The van der Waals surface area contributed by atoms with Crippen molar-refractivity contribution in [1.82, 2.24) is 5.32 Å². The van der Waals surface area contributed by atoms with Crippen molar-refractivity contribution < 1.29 is 19.1 Å². The molecule has 0 bridgehead atoms. The Kier molecular flexibility index (Phi) is 7.44. The molecule has 0 radical (unpaired) electrons. The third-order valence-electron chi connectivity index (χ3n) is 4.52. The minimum Gasteiger partial charge on any atom is -0.489 e. The van der Waals surface area contributed by atoms with E-state index >= 15 is 0 Å². The Labute approximate surface area is 165 Å². The standard InChI is InChI=1S/C22H26N2O4/c25-21(23-15-20-7-4-14-27-20)12-13-22(26)24-18-8-10-19(11-9-18)28-16-17-5-2-1-3-6-17/h1-3,5-6,8-11,20H,4,7,12-16H2,(H,23,25)(H,24,26)/t20-/m1/s1. The van der Waals surface area contributed by atoms with E-state index < -0.39 is 0 Å². The molecule has 0 aliphatic carbocycles. The number of carbonyl (C=O) groups is 2. The number of carbonyl (C=O) groups excluding carboxylic acids is 2. The van der Waals surface area contributed by atoms with Gasteiger partial charge in [-0.3, -0.25) is 9.59 Å². The number of hydrogen-bond donors (Lipinski definition) is 2. The van der Waals surface area contributed by atoms with Crippen LogP contribution in [-0.4, -0.2) is 31.1 Å². The molecule has 0 unspecified atom stereocenters. The number of anilines is 1. The minimum absolute atomic E-state index is 0.111. The molecule has 0 spiro atoms. The van der Waals surface area contributed by atoms with Crippen LogP contribution in [0.15, 0.2) is 54.6 Å². The van der Waals surface area contributed by atoms with E-state index in [-0.39, 0.29) is 30.8 Å². The maximum atomic E-state index is 12.0. The highest BCUT2D eigenvalue weighted by Crippen LogP contribution is 2.17. The second-order valence-corrected chi connectivity index (χ2v) is 6.79. The van der Waals surface area contributed by atoms with E-state index in [2.05, 4.69) is 10.6 Å². The van der Waals surface area contributed by atoms with Gasteiger partial charge in [0.05, 0.1) is 6.10 Å². The molecule has 1 fully saturated rings. The molecular weight excluding hydrogens is 356 g/mol. The first-order chi connectivity index (χ1) is 13.7. The van der Waals surface area contributed by atoms with Crippen LogP contribution in [0.5, 0.6) is 5.75 Å². The summed E-state index contributed by atoms with van der Waals surface area (Å²) in [6.45, 7) is 1.78. The van der Waals surface area contributed by atoms with Gasteiger partial charge in [0.1, 0.15) is 12.4 Å². The van der Waals surface area contributed by atoms with E-state index in [1.807, 2.05) is 42.5 Å². The molecule has 1 atom stereocenters. The summed E-state index contributed by atoms with van der Waals surface area (Å²) < 4.78 is 11.2. The lowest BCUT2D eigenvalue weighted by Crippen LogP contribution is -2.32. The van der Waals surface area contributed by atoms with E-state index in [9.17, 15) is 9.59 Å². The van der Waals surface area contributed by atoms with Crippen molar-refractivity contribution in [1.29, 1.82) is 0 Å². The van der Waals surface area contributed by atoms with Crippen LogP contribution in [-0.2, 0) is 20.9 Å². The van der Waals surface area contributed by atoms with Crippen molar-refractivity contribution in [2.45, 2.75) is 38.4 Å². The van der Waals surface area contributed by atoms with Gasteiger partial charge >= 0.3 is 0 Å². The molecule has 2 N–H and O–H groups in total. The average Bonchev–Trinajstić information content (AvgIpc) is 3.25. The summed E-state index contributed by atoms with van der Waals surface area (Å²) in [7, 11) is 0. The van der Waals surface area contributed by atoms with E-state index in [4.69, 9.17) is 9.47 Å². The first kappa shape index (κ1) is 19.9. The normalized spacial score (nSPS) is 15.8. The van der Waals surface area contributed by atoms with Gasteiger partial charge in [-0.25, -0.2) is 0 Å². The van der Waals surface area contributed by atoms with Gasteiger partial charge in [-0.1, -0.05) is 30.3 Å². The molecule has 1 heterocycles. The lowest BCUT2D eigenvalue weighted by Gasteiger charge is -2.11. The van der Waals surface area contributed by atoms with Gasteiger partial charge in [0.15, 0.2) is 0 Å². The van der Waals surface area contributed by atoms with Crippen LogP contribution in [0, 0.1) is 0 Å². The molecule has 1 aliphatic rings. The van der Waals surface area contributed by atoms with E-state index in [0.29, 0.717) is 18.8 Å². The van der Waals surface area contributed by atoms with Crippen molar-refractivity contribution in [3.8, 4) is 5.75 Å². The molecule has 148 valence electrons. The number of amides is 2. The summed E-state index contributed by atoms with van der Waals surface area (Å²) in [5.41, 5.74) is 1.77. The number of benzene rings is 2. The lowest BCUT2D eigenvalue weighted by atomic mass is 10.2. The van der Waals surface area contributed by atoms with E-state index in [1.54, 1.807) is 12.1 Å². The summed E-state index contributed by atoms with van der Waals surface area (Å²) in [6.07, 6.45) is 2.44. The average molecular weight is 382 g/mol. The van der Waals surface area contributed by atoms with Crippen LogP contribution in [0.4, 0.5) is 5.69 Å². The Balaban J connectivity index is 1.34. The Morgan fingerprint density at radius 1 is 1.00 bits per heavy atom. The third-order valence-corrected chi connectivity index (χ3v) is 4.52. The molecule has 1 aliphatic heterocycles. The summed E-state index contributed by atoms with van der Waals surface area (Å²) in [6, 6.07) is 17.1. The fourth-order valence-corrected chi connectivity index (χ4v) is 2.95. The van der Waals surface area contributed by atoms with Crippen molar-refractivity contribution in [3.05, 3.63) is 60.2 Å². The van der Waals surface area contributed by atoms with Crippen molar-refractivity contribution in [2.24, 2.45) is 0 Å². The van der Waals surface area contributed by atoms with Gasteiger partial charge in [0.2, 0.25) is 11.8 Å². The molecule has 1 saturated heterocycles. The third kappa shape index (κ3) is 6.70. The number of nitrogens with one attached hydrogen (secondary N) is 2. The Bertz CT molecular complexity index is 756. The van der Waals surface area contributed by atoms with Gasteiger partial charge in [-0.15, -0.1) is 0 Å². The summed E-state index contributed by atoms with van der Waals surface area (Å²) >= 11 is 0. The molecule has 0 saturated carbocycles. The smallest absolute Gasteiger partial charge is 0.224 e. The highest BCUT2D eigenvalue weighted by Gasteiger charge is 2.16. The van der Waals surface area contributed by atoms with Gasteiger partial charge < -0.3 is 20.1 Å². The first-order valence-electron chi connectivity index (χ1n) is 9.64. The summed E-state index contributed by atoms with van der Waals surface area (Å²) in [5, 5.41) is 5.61. The topological polar surface area (TPSA) is 76.7 Å². The molecule has 2 aromatic carbocycles. The lowest BCUT2D eigenvalue weighted by molar-refractivity contribution is -0.124. The number of ether oxygens (including phenoxy) is 2. The Morgan fingerprint density at radius 2 is 1.75 bits per heavy atom. The summed E-state index contributed by atoms with van der Waals surface area (Å²) in [4.78, 5) is 23.9. The Hall–Kier alpha value is -2.86. The maximum Gasteiger partial charge on any atom is 0.224 e. The van der Waals surface area contributed by atoms with Crippen LogP contribution >= 0.6 is 0 Å². The van der Waals surface area contributed by atoms with Crippen LogP contribution in [0.25, 0.3) is 0 Å². The quantitative estimate of drug-likeness (QED) is 0.698. The van der Waals surface area contributed by atoms with E-state index in [0.717, 1.165) is 30.8 Å². The fourth-order valence-electron chi connectivity index (χ4n) is 2.95. The van der Waals surface area contributed by atoms with Gasteiger partial charge in [-0.2, -0.15) is 0 Å². The van der Waals surface area contributed by atoms with Crippen LogP contribution in [0.3, 0.4) is 0 Å². The van der Waals surface area contributed by atoms with Gasteiger partial charge in [0, 0.05) is 31.7 Å². The molecule has 2 aromatic rings. The second-order valence-electron chi connectivity index (χ2n) is 6.79. The molecule has 6 nitrogen and oxygen atoms in total. The van der Waals surface area contributed by atoms with E-state index in [1.165, 1.54) is 0 Å².